The molecule has 0 saturated heterocycles. The first-order valence-electron chi connectivity index (χ1n) is 6.58. The molecular formula is C15H23ClN2O. The Balaban J connectivity index is 2.71. The predicted molar refractivity (Wildman–Crippen MR) is 80.3 cm³/mol. The zero-order valence-corrected chi connectivity index (χ0v) is 12.7. The van der Waals surface area contributed by atoms with Crippen molar-refractivity contribution in [1.82, 2.24) is 9.80 Å². The largest absolute Gasteiger partial charge is 0.337 e. The topological polar surface area (TPSA) is 23.6 Å². The molecule has 3 nitrogen and oxygen atoms in total. The van der Waals surface area contributed by atoms with Crippen LogP contribution >= 0.6 is 11.6 Å². The lowest BCUT2D eigenvalue weighted by Gasteiger charge is -2.26. The fraction of sp³-hybridized carbons (Fsp3) is 0.533. The molecule has 1 atom stereocenters. The van der Waals surface area contributed by atoms with Gasteiger partial charge in [-0.3, -0.25) is 4.79 Å². The van der Waals surface area contributed by atoms with Crippen LogP contribution in [0, 0.1) is 5.92 Å². The Kier molecular flexibility index (Phi) is 6.89. The monoisotopic (exact) mass is 282 g/mol. The molecule has 106 valence electrons. The number of likely N-dealkylation sites (N-methyl/N-ethyl adjacent to an activating group) is 1. The average Bonchev–Trinajstić information content (AvgIpc) is 2.42. The van der Waals surface area contributed by atoms with Crippen LogP contribution in [-0.4, -0.2) is 48.8 Å². The Hall–Kier alpha value is -1.06. The van der Waals surface area contributed by atoms with Gasteiger partial charge in [-0.2, -0.15) is 0 Å². The van der Waals surface area contributed by atoms with E-state index in [1.165, 1.54) is 0 Å². The van der Waals surface area contributed by atoms with Crippen LogP contribution in [0.25, 0.3) is 0 Å². The summed E-state index contributed by atoms with van der Waals surface area (Å²) in [5.74, 6) is 0.361. The molecular weight excluding hydrogens is 260 g/mol. The summed E-state index contributed by atoms with van der Waals surface area (Å²) in [4.78, 5) is 16.3. The van der Waals surface area contributed by atoms with Gasteiger partial charge >= 0.3 is 0 Å². The molecule has 0 aromatic heterocycles. The number of halogens is 1. The van der Waals surface area contributed by atoms with E-state index in [1.807, 2.05) is 56.3 Å². The molecule has 0 spiro atoms. The first-order chi connectivity index (χ1) is 9.04. The van der Waals surface area contributed by atoms with Crippen molar-refractivity contribution in [3.05, 3.63) is 35.9 Å². The number of hydrogen-bond acceptors (Lipinski definition) is 2. The van der Waals surface area contributed by atoms with Crippen molar-refractivity contribution in [2.24, 2.45) is 5.92 Å². The number of carbonyl (C=O) groups excluding carboxylic acids is 1. The summed E-state index contributed by atoms with van der Waals surface area (Å²) >= 11 is 5.80. The molecule has 0 aliphatic carbocycles. The van der Waals surface area contributed by atoms with Crippen LogP contribution in [0.15, 0.2) is 30.3 Å². The van der Waals surface area contributed by atoms with E-state index in [1.54, 1.807) is 0 Å². The van der Waals surface area contributed by atoms with Gasteiger partial charge < -0.3 is 9.80 Å². The third-order valence-corrected chi connectivity index (χ3v) is 3.46. The van der Waals surface area contributed by atoms with Gasteiger partial charge in [0.2, 0.25) is 5.91 Å². The normalized spacial score (nSPS) is 12.5. The van der Waals surface area contributed by atoms with Crippen LogP contribution in [0.5, 0.6) is 0 Å². The van der Waals surface area contributed by atoms with Crippen LogP contribution < -0.4 is 0 Å². The van der Waals surface area contributed by atoms with E-state index in [0.29, 0.717) is 12.4 Å². The molecule has 1 rings (SSSR count). The Labute approximate surface area is 121 Å². The predicted octanol–water partition coefficient (Wildman–Crippen LogP) is 2.45. The highest BCUT2D eigenvalue weighted by Crippen LogP contribution is 2.10. The Morgan fingerprint density at radius 2 is 1.84 bits per heavy atom. The van der Waals surface area contributed by atoms with Gasteiger partial charge in [-0.05, 0) is 19.7 Å². The summed E-state index contributed by atoms with van der Waals surface area (Å²) in [6.45, 7) is 4.10. The van der Waals surface area contributed by atoms with E-state index in [4.69, 9.17) is 11.6 Å². The molecule has 1 amide bonds. The highest BCUT2D eigenvalue weighted by atomic mass is 35.5. The van der Waals surface area contributed by atoms with E-state index < -0.39 is 0 Å². The first kappa shape index (κ1) is 16.0. The maximum absolute atomic E-state index is 12.3. The maximum atomic E-state index is 12.3. The summed E-state index contributed by atoms with van der Waals surface area (Å²) in [6.07, 6.45) is 0. The SMILES string of the molecule is CC(CCl)C(=O)N(CCN(C)C)Cc1ccccc1. The number of nitrogens with zero attached hydrogens (tertiary/aromatic N) is 2. The highest BCUT2D eigenvalue weighted by molar-refractivity contribution is 6.19. The fourth-order valence-electron chi connectivity index (χ4n) is 1.77. The molecule has 0 saturated carbocycles. The standard InChI is InChI=1S/C15H23ClN2O/c1-13(11-16)15(19)18(10-9-17(2)3)12-14-7-5-4-6-8-14/h4-8,13H,9-12H2,1-3H3. The van der Waals surface area contributed by atoms with Crippen molar-refractivity contribution in [2.45, 2.75) is 13.5 Å². The first-order valence-corrected chi connectivity index (χ1v) is 7.11. The third kappa shape index (κ3) is 5.62. The fourth-order valence-corrected chi connectivity index (χ4v) is 1.90. The van der Waals surface area contributed by atoms with E-state index in [2.05, 4.69) is 4.90 Å². The van der Waals surface area contributed by atoms with Crippen LogP contribution in [0.4, 0.5) is 0 Å². The third-order valence-electron chi connectivity index (χ3n) is 3.00. The van der Waals surface area contributed by atoms with E-state index in [-0.39, 0.29) is 11.8 Å². The molecule has 0 aliphatic rings. The van der Waals surface area contributed by atoms with E-state index in [0.717, 1.165) is 18.7 Å². The Morgan fingerprint density at radius 3 is 2.37 bits per heavy atom. The molecule has 1 aromatic carbocycles. The second-order valence-corrected chi connectivity index (χ2v) is 5.41. The number of amides is 1. The lowest BCUT2D eigenvalue weighted by Crippen LogP contribution is -2.39. The van der Waals surface area contributed by atoms with Crippen molar-refractivity contribution in [3.63, 3.8) is 0 Å². The van der Waals surface area contributed by atoms with Crippen molar-refractivity contribution < 1.29 is 4.79 Å². The molecule has 4 heteroatoms. The molecule has 19 heavy (non-hydrogen) atoms. The van der Waals surface area contributed by atoms with Gasteiger partial charge in [0, 0.05) is 31.4 Å². The lowest BCUT2D eigenvalue weighted by atomic mass is 10.1. The van der Waals surface area contributed by atoms with Crippen LogP contribution in [0.3, 0.4) is 0 Å². The quantitative estimate of drug-likeness (QED) is 0.717. The highest BCUT2D eigenvalue weighted by Gasteiger charge is 2.19. The maximum Gasteiger partial charge on any atom is 0.226 e. The number of hydrogen-bond donors (Lipinski definition) is 0. The molecule has 0 bridgehead atoms. The minimum Gasteiger partial charge on any atom is -0.337 e. The van der Waals surface area contributed by atoms with E-state index >= 15 is 0 Å². The van der Waals surface area contributed by atoms with Crippen LogP contribution in [0.1, 0.15) is 12.5 Å². The van der Waals surface area contributed by atoms with Gasteiger partial charge in [-0.25, -0.2) is 0 Å². The Morgan fingerprint density at radius 1 is 1.21 bits per heavy atom. The van der Waals surface area contributed by atoms with Gasteiger partial charge in [0.05, 0.1) is 0 Å². The summed E-state index contributed by atoms with van der Waals surface area (Å²) in [7, 11) is 4.02. The molecule has 0 radical (unpaired) electrons. The minimum atomic E-state index is -0.132. The minimum absolute atomic E-state index is 0.126. The van der Waals surface area contributed by atoms with Crippen LogP contribution in [0.2, 0.25) is 0 Å². The number of alkyl halides is 1. The molecule has 1 aromatic rings. The number of benzene rings is 1. The zero-order valence-electron chi connectivity index (χ0n) is 12.0. The van der Waals surface area contributed by atoms with Gasteiger partial charge in [0.15, 0.2) is 0 Å². The number of rotatable bonds is 7. The van der Waals surface area contributed by atoms with Gasteiger partial charge in [-0.1, -0.05) is 37.3 Å². The van der Waals surface area contributed by atoms with Crippen LogP contribution in [-0.2, 0) is 11.3 Å². The van der Waals surface area contributed by atoms with Crippen molar-refractivity contribution >= 4 is 17.5 Å². The average molecular weight is 283 g/mol. The van der Waals surface area contributed by atoms with Crippen molar-refractivity contribution in [1.29, 1.82) is 0 Å². The van der Waals surface area contributed by atoms with Gasteiger partial charge in [0.1, 0.15) is 0 Å². The van der Waals surface area contributed by atoms with Crippen molar-refractivity contribution in [2.75, 3.05) is 33.1 Å². The smallest absolute Gasteiger partial charge is 0.226 e. The lowest BCUT2D eigenvalue weighted by molar-refractivity contribution is -0.135. The summed E-state index contributed by atoms with van der Waals surface area (Å²) in [5, 5.41) is 0. The second kappa shape index (κ2) is 8.18. The molecule has 0 aliphatic heterocycles. The summed E-state index contributed by atoms with van der Waals surface area (Å²) < 4.78 is 0. The molecule has 1 unspecified atom stereocenters. The molecule has 0 fully saturated rings. The number of carbonyl (C=O) groups is 1. The molecule has 0 N–H and O–H groups in total. The van der Waals surface area contributed by atoms with Gasteiger partial charge in [-0.15, -0.1) is 11.6 Å². The molecule has 0 heterocycles. The second-order valence-electron chi connectivity index (χ2n) is 5.10. The summed E-state index contributed by atoms with van der Waals surface area (Å²) in [6, 6.07) is 10.1. The Bertz CT molecular complexity index is 381. The summed E-state index contributed by atoms with van der Waals surface area (Å²) in [5.41, 5.74) is 1.15. The van der Waals surface area contributed by atoms with Crippen molar-refractivity contribution in [3.8, 4) is 0 Å². The van der Waals surface area contributed by atoms with E-state index in [9.17, 15) is 4.79 Å². The van der Waals surface area contributed by atoms with Gasteiger partial charge in [0.25, 0.3) is 0 Å². The zero-order chi connectivity index (χ0) is 14.3.